The van der Waals surface area contributed by atoms with Gasteiger partial charge in [0.2, 0.25) is 10.0 Å². The second kappa shape index (κ2) is 8.41. The summed E-state index contributed by atoms with van der Waals surface area (Å²) in [5.41, 5.74) is 1.62. The zero-order valence-electron chi connectivity index (χ0n) is 16.8. The van der Waals surface area contributed by atoms with E-state index in [1.807, 2.05) is 48.0 Å². The Hall–Kier alpha value is -2.97. The van der Waals surface area contributed by atoms with Crippen LogP contribution in [-0.2, 0) is 16.6 Å². The SMILES string of the molecule is CC1CN(C(=O)c2ccccc2)CCN1S(=O)(=O)c1ccc(Cn2ccnc2)cc1. The average Bonchev–Trinajstić information content (AvgIpc) is 3.27. The molecule has 1 fully saturated rings. The largest absolute Gasteiger partial charge is 0.336 e. The number of hydrogen-bond donors (Lipinski definition) is 0. The highest BCUT2D eigenvalue weighted by Gasteiger charge is 2.35. The van der Waals surface area contributed by atoms with Crippen molar-refractivity contribution in [3.8, 4) is 0 Å². The van der Waals surface area contributed by atoms with E-state index in [9.17, 15) is 13.2 Å². The second-order valence-corrected chi connectivity index (χ2v) is 9.35. The molecule has 1 unspecified atom stereocenters. The minimum Gasteiger partial charge on any atom is -0.336 e. The average molecular weight is 425 g/mol. The van der Waals surface area contributed by atoms with E-state index in [1.54, 1.807) is 41.7 Å². The summed E-state index contributed by atoms with van der Waals surface area (Å²) in [5, 5.41) is 0. The predicted octanol–water partition coefficient (Wildman–Crippen LogP) is 2.47. The Labute approximate surface area is 176 Å². The summed E-state index contributed by atoms with van der Waals surface area (Å²) < 4.78 is 29.8. The molecule has 0 aliphatic carbocycles. The summed E-state index contributed by atoms with van der Waals surface area (Å²) in [7, 11) is -3.63. The molecule has 0 bridgehead atoms. The van der Waals surface area contributed by atoms with E-state index in [0.29, 0.717) is 25.2 Å². The van der Waals surface area contributed by atoms with Gasteiger partial charge in [0.15, 0.2) is 0 Å². The number of nitrogens with zero attached hydrogens (tertiary/aromatic N) is 4. The summed E-state index contributed by atoms with van der Waals surface area (Å²) in [4.78, 5) is 18.7. The van der Waals surface area contributed by atoms with Crippen molar-refractivity contribution in [1.29, 1.82) is 0 Å². The first kappa shape index (κ1) is 20.3. The van der Waals surface area contributed by atoms with Gasteiger partial charge in [0.1, 0.15) is 0 Å². The van der Waals surface area contributed by atoms with E-state index < -0.39 is 10.0 Å². The number of hydrogen-bond acceptors (Lipinski definition) is 4. The molecule has 0 N–H and O–H groups in total. The smallest absolute Gasteiger partial charge is 0.253 e. The van der Waals surface area contributed by atoms with Gasteiger partial charge in [-0.3, -0.25) is 4.79 Å². The van der Waals surface area contributed by atoms with Crippen LogP contribution in [0.4, 0.5) is 0 Å². The van der Waals surface area contributed by atoms with E-state index >= 15 is 0 Å². The van der Waals surface area contributed by atoms with Crippen molar-refractivity contribution in [2.24, 2.45) is 0 Å². The molecular formula is C22H24N4O3S. The van der Waals surface area contributed by atoms with Gasteiger partial charge in [-0.15, -0.1) is 0 Å². The van der Waals surface area contributed by atoms with Crippen LogP contribution in [0, 0.1) is 0 Å². The monoisotopic (exact) mass is 424 g/mol. The standard InChI is InChI=1S/C22H24N4O3S/c1-18-15-25(22(27)20-5-3-2-4-6-20)13-14-26(18)30(28,29)21-9-7-19(8-10-21)16-24-12-11-23-17-24/h2-12,17-18H,13-16H2,1H3. The van der Waals surface area contributed by atoms with Gasteiger partial charge in [0.25, 0.3) is 5.91 Å². The summed E-state index contributed by atoms with van der Waals surface area (Å²) in [6, 6.07) is 15.7. The van der Waals surface area contributed by atoms with Crippen LogP contribution in [0.1, 0.15) is 22.8 Å². The van der Waals surface area contributed by atoms with Gasteiger partial charge in [-0.25, -0.2) is 13.4 Å². The van der Waals surface area contributed by atoms with E-state index in [4.69, 9.17) is 0 Å². The normalized spacial score (nSPS) is 17.8. The van der Waals surface area contributed by atoms with E-state index in [2.05, 4.69) is 4.98 Å². The third-order valence-corrected chi connectivity index (χ3v) is 7.36. The molecule has 2 aromatic carbocycles. The van der Waals surface area contributed by atoms with E-state index in [0.717, 1.165) is 5.56 Å². The van der Waals surface area contributed by atoms with Gasteiger partial charge in [-0.1, -0.05) is 30.3 Å². The number of rotatable bonds is 5. The molecule has 2 heterocycles. The first-order chi connectivity index (χ1) is 14.4. The number of benzene rings is 2. The summed E-state index contributed by atoms with van der Waals surface area (Å²) in [6.45, 7) is 3.49. The number of carbonyl (C=O) groups excluding carboxylic acids is 1. The maximum Gasteiger partial charge on any atom is 0.253 e. The Morgan fingerprint density at radius 2 is 1.80 bits per heavy atom. The maximum atomic E-state index is 13.2. The molecule has 1 aliphatic heterocycles. The van der Waals surface area contributed by atoms with Crippen molar-refractivity contribution in [2.45, 2.75) is 24.4 Å². The molecule has 1 saturated heterocycles. The van der Waals surface area contributed by atoms with Crippen molar-refractivity contribution < 1.29 is 13.2 Å². The lowest BCUT2D eigenvalue weighted by molar-refractivity contribution is 0.0642. The van der Waals surface area contributed by atoms with Gasteiger partial charge in [-0.05, 0) is 36.8 Å². The Bertz CT molecular complexity index is 1100. The molecule has 30 heavy (non-hydrogen) atoms. The van der Waals surface area contributed by atoms with Gasteiger partial charge >= 0.3 is 0 Å². The molecule has 0 saturated carbocycles. The molecule has 8 heteroatoms. The van der Waals surface area contributed by atoms with Crippen LogP contribution >= 0.6 is 0 Å². The Kier molecular flexibility index (Phi) is 5.69. The van der Waals surface area contributed by atoms with Crippen LogP contribution < -0.4 is 0 Å². The first-order valence-electron chi connectivity index (χ1n) is 9.86. The maximum absolute atomic E-state index is 13.2. The molecule has 0 radical (unpaired) electrons. The zero-order chi connectivity index (χ0) is 21.1. The van der Waals surface area contributed by atoms with Gasteiger partial charge < -0.3 is 9.47 Å². The fraction of sp³-hybridized carbons (Fsp3) is 0.273. The number of carbonyl (C=O) groups is 1. The predicted molar refractivity (Wildman–Crippen MR) is 113 cm³/mol. The van der Waals surface area contributed by atoms with E-state index in [1.165, 1.54) is 4.31 Å². The lowest BCUT2D eigenvalue weighted by Gasteiger charge is -2.39. The third kappa shape index (κ3) is 4.15. The van der Waals surface area contributed by atoms with Crippen LogP contribution in [0.2, 0.25) is 0 Å². The molecule has 0 spiro atoms. The Balaban J connectivity index is 1.45. The number of imidazole rings is 1. The third-order valence-electron chi connectivity index (χ3n) is 5.33. The van der Waals surface area contributed by atoms with Crippen LogP contribution in [0.5, 0.6) is 0 Å². The highest BCUT2D eigenvalue weighted by Crippen LogP contribution is 2.23. The highest BCUT2D eigenvalue weighted by atomic mass is 32.2. The van der Waals surface area contributed by atoms with Crippen molar-refractivity contribution >= 4 is 15.9 Å². The summed E-state index contributed by atoms with van der Waals surface area (Å²) >= 11 is 0. The first-order valence-corrected chi connectivity index (χ1v) is 11.3. The van der Waals surface area contributed by atoms with Crippen LogP contribution in [0.3, 0.4) is 0 Å². The molecular weight excluding hydrogens is 400 g/mol. The molecule has 3 aromatic rings. The topological polar surface area (TPSA) is 75.5 Å². The van der Waals surface area contributed by atoms with Crippen LogP contribution in [0.15, 0.2) is 78.2 Å². The molecule has 1 amide bonds. The zero-order valence-corrected chi connectivity index (χ0v) is 17.6. The minimum atomic E-state index is -3.63. The molecule has 7 nitrogen and oxygen atoms in total. The van der Waals surface area contributed by atoms with Crippen LogP contribution in [-0.4, -0.2) is 58.8 Å². The number of piperazine rings is 1. The summed E-state index contributed by atoms with van der Waals surface area (Å²) in [6.07, 6.45) is 5.30. The van der Waals surface area contributed by atoms with Crippen molar-refractivity contribution in [2.75, 3.05) is 19.6 Å². The van der Waals surface area contributed by atoms with Crippen molar-refractivity contribution in [3.05, 3.63) is 84.4 Å². The van der Waals surface area contributed by atoms with E-state index in [-0.39, 0.29) is 23.4 Å². The van der Waals surface area contributed by atoms with Gasteiger partial charge in [-0.2, -0.15) is 4.31 Å². The lowest BCUT2D eigenvalue weighted by Crippen LogP contribution is -2.55. The molecule has 1 atom stereocenters. The summed E-state index contributed by atoms with van der Waals surface area (Å²) in [5.74, 6) is -0.0663. The van der Waals surface area contributed by atoms with Crippen molar-refractivity contribution in [1.82, 2.24) is 18.8 Å². The molecule has 156 valence electrons. The second-order valence-electron chi connectivity index (χ2n) is 7.46. The van der Waals surface area contributed by atoms with Gasteiger partial charge in [0, 0.05) is 50.2 Å². The minimum absolute atomic E-state index is 0.0663. The Morgan fingerprint density at radius 1 is 1.07 bits per heavy atom. The molecule has 1 aromatic heterocycles. The fourth-order valence-electron chi connectivity index (χ4n) is 3.74. The number of sulfonamides is 1. The van der Waals surface area contributed by atoms with Crippen LogP contribution in [0.25, 0.3) is 0 Å². The quantitative estimate of drug-likeness (QED) is 0.631. The Morgan fingerprint density at radius 3 is 2.43 bits per heavy atom. The highest BCUT2D eigenvalue weighted by molar-refractivity contribution is 7.89. The number of amides is 1. The van der Waals surface area contributed by atoms with Crippen molar-refractivity contribution in [3.63, 3.8) is 0 Å². The fourth-order valence-corrected chi connectivity index (χ4v) is 5.35. The molecule has 1 aliphatic rings. The lowest BCUT2D eigenvalue weighted by atomic mass is 10.1. The van der Waals surface area contributed by atoms with Gasteiger partial charge in [0.05, 0.1) is 11.2 Å². The molecule has 4 rings (SSSR count). The number of aromatic nitrogens is 2.